The Balaban J connectivity index is 2.91. The van der Waals surface area contributed by atoms with Crippen molar-refractivity contribution in [1.82, 2.24) is 5.06 Å². The number of carbonyl (C=O) groups excluding carboxylic acids is 2. The van der Waals surface area contributed by atoms with Crippen molar-refractivity contribution in [3.05, 3.63) is 0 Å². The van der Waals surface area contributed by atoms with Crippen LogP contribution in [0.4, 0.5) is 0 Å². The summed E-state index contributed by atoms with van der Waals surface area (Å²) in [5.41, 5.74) is -2.64. The van der Waals surface area contributed by atoms with E-state index in [0.717, 1.165) is 5.06 Å². The molecule has 0 radical (unpaired) electrons. The van der Waals surface area contributed by atoms with Gasteiger partial charge in [0.15, 0.2) is 0 Å². The highest BCUT2D eigenvalue weighted by Gasteiger charge is 2.55. The molecule has 1 atom stereocenters. The van der Waals surface area contributed by atoms with Crippen LogP contribution >= 0.6 is 0 Å². The highest BCUT2D eigenvalue weighted by atomic mass is 16.6. The van der Waals surface area contributed by atoms with Crippen molar-refractivity contribution in [3.8, 4) is 0 Å². The van der Waals surface area contributed by atoms with E-state index in [4.69, 9.17) is 9.47 Å². The van der Waals surface area contributed by atoms with Crippen molar-refractivity contribution < 1.29 is 24.3 Å². The topological polar surface area (TPSA) is 76.1 Å². The zero-order chi connectivity index (χ0) is 16.5. The Bertz CT molecular complexity index is 411. The Hall–Kier alpha value is -1.14. The molecule has 1 heterocycles. The molecule has 1 unspecified atom stereocenters. The van der Waals surface area contributed by atoms with Crippen LogP contribution in [0.3, 0.4) is 0 Å². The number of cyclic esters (lactones) is 1. The fourth-order valence-electron chi connectivity index (χ4n) is 2.40. The van der Waals surface area contributed by atoms with Gasteiger partial charge in [0.25, 0.3) is 0 Å². The number of rotatable bonds is 4. The number of hydrogen-bond donors (Lipinski definition) is 1. The van der Waals surface area contributed by atoms with Crippen molar-refractivity contribution in [2.75, 3.05) is 13.2 Å². The minimum atomic E-state index is -1.08. The van der Waals surface area contributed by atoms with Crippen molar-refractivity contribution in [2.45, 2.75) is 65.5 Å². The largest absolute Gasteiger partial charge is 0.463 e. The molecule has 0 aromatic carbocycles. The van der Waals surface area contributed by atoms with Gasteiger partial charge < -0.3 is 14.7 Å². The summed E-state index contributed by atoms with van der Waals surface area (Å²) in [5.74, 6) is -0.790. The Kier molecular flexibility index (Phi) is 5.05. The number of hydrogen-bond acceptors (Lipinski definition) is 6. The molecule has 122 valence electrons. The lowest BCUT2D eigenvalue weighted by Gasteiger charge is -2.50. The van der Waals surface area contributed by atoms with Gasteiger partial charge in [0.05, 0.1) is 5.41 Å². The van der Waals surface area contributed by atoms with Gasteiger partial charge in [-0.15, -0.1) is 0 Å². The summed E-state index contributed by atoms with van der Waals surface area (Å²) in [6.07, 6.45) is 0.837. The maximum absolute atomic E-state index is 12.0. The van der Waals surface area contributed by atoms with Crippen LogP contribution in [-0.2, 0) is 19.1 Å². The van der Waals surface area contributed by atoms with Crippen LogP contribution in [0.2, 0.25) is 0 Å². The van der Waals surface area contributed by atoms with E-state index in [0.29, 0.717) is 12.8 Å². The van der Waals surface area contributed by atoms with E-state index in [1.54, 1.807) is 27.7 Å². The molecule has 0 bridgehead atoms. The van der Waals surface area contributed by atoms with Crippen LogP contribution < -0.4 is 0 Å². The van der Waals surface area contributed by atoms with Crippen LogP contribution in [0.25, 0.3) is 0 Å². The van der Waals surface area contributed by atoms with Gasteiger partial charge in [-0.1, -0.05) is 13.8 Å². The van der Waals surface area contributed by atoms with Gasteiger partial charge in [-0.25, -0.2) is 4.79 Å². The normalized spacial score (nSPS) is 26.3. The second kappa shape index (κ2) is 5.93. The first-order valence-electron chi connectivity index (χ1n) is 7.37. The standard InChI is InChI=1S/C15H27NO5/c1-7-15(8-2)12(18)21-10-14(6,16(15)19)9-20-11(17)13(3,4)5/h19H,7-10H2,1-6H3. The fourth-order valence-corrected chi connectivity index (χ4v) is 2.40. The first kappa shape index (κ1) is 17.9. The number of morpholine rings is 1. The summed E-state index contributed by atoms with van der Waals surface area (Å²) < 4.78 is 10.6. The Labute approximate surface area is 126 Å². The molecule has 0 spiro atoms. The van der Waals surface area contributed by atoms with E-state index >= 15 is 0 Å². The van der Waals surface area contributed by atoms with Crippen LogP contribution in [0.15, 0.2) is 0 Å². The first-order valence-corrected chi connectivity index (χ1v) is 7.37. The van der Waals surface area contributed by atoms with Gasteiger partial charge in [-0.2, -0.15) is 5.06 Å². The molecule has 1 N–H and O–H groups in total. The quantitative estimate of drug-likeness (QED) is 0.802. The molecule has 1 rings (SSSR count). The molecule has 1 fully saturated rings. The average Bonchev–Trinajstić information content (AvgIpc) is 2.42. The lowest BCUT2D eigenvalue weighted by Crippen LogP contribution is -2.69. The molecule has 0 aliphatic carbocycles. The van der Waals surface area contributed by atoms with Gasteiger partial charge in [0.2, 0.25) is 0 Å². The van der Waals surface area contributed by atoms with Crippen molar-refractivity contribution in [3.63, 3.8) is 0 Å². The monoisotopic (exact) mass is 301 g/mol. The number of esters is 2. The van der Waals surface area contributed by atoms with E-state index in [2.05, 4.69) is 0 Å². The minimum Gasteiger partial charge on any atom is -0.463 e. The second-order valence-corrected chi connectivity index (χ2v) is 6.95. The molecule has 21 heavy (non-hydrogen) atoms. The van der Waals surface area contributed by atoms with E-state index in [9.17, 15) is 14.8 Å². The summed E-state index contributed by atoms with van der Waals surface area (Å²) in [6.45, 7) is 10.6. The van der Waals surface area contributed by atoms with Crippen LogP contribution in [0.1, 0.15) is 54.4 Å². The molecule has 1 aliphatic heterocycles. The van der Waals surface area contributed by atoms with Gasteiger partial charge in [0, 0.05) is 0 Å². The number of ether oxygens (including phenoxy) is 2. The van der Waals surface area contributed by atoms with Crippen molar-refractivity contribution in [1.29, 1.82) is 0 Å². The van der Waals surface area contributed by atoms with Gasteiger partial charge in [0.1, 0.15) is 24.3 Å². The summed E-state index contributed by atoms with van der Waals surface area (Å²) in [4.78, 5) is 23.9. The SMILES string of the molecule is CCC1(CC)C(=O)OCC(C)(COC(=O)C(C)(C)C)N1O. The third-order valence-electron chi connectivity index (χ3n) is 4.11. The molecule has 0 aromatic rings. The smallest absolute Gasteiger partial charge is 0.328 e. The molecule has 6 heteroatoms. The third-order valence-corrected chi connectivity index (χ3v) is 4.11. The van der Waals surface area contributed by atoms with Gasteiger partial charge in [-0.3, -0.25) is 4.79 Å². The predicted molar refractivity (Wildman–Crippen MR) is 76.7 cm³/mol. The highest BCUT2D eigenvalue weighted by molar-refractivity contribution is 5.81. The average molecular weight is 301 g/mol. The summed E-state index contributed by atoms with van der Waals surface area (Å²) in [6, 6.07) is 0. The zero-order valence-corrected chi connectivity index (χ0v) is 13.9. The summed E-state index contributed by atoms with van der Waals surface area (Å²) in [5, 5.41) is 11.6. The lowest BCUT2D eigenvalue weighted by molar-refractivity contribution is -0.285. The second-order valence-electron chi connectivity index (χ2n) is 6.95. The molecular weight excluding hydrogens is 274 g/mol. The van der Waals surface area contributed by atoms with E-state index in [1.165, 1.54) is 0 Å². The van der Waals surface area contributed by atoms with Crippen LogP contribution in [0, 0.1) is 5.41 Å². The van der Waals surface area contributed by atoms with Crippen LogP contribution in [0.5, 0.6) is 0 Å². The van der Waals surface area contributed by atoms with Crippen molar-refractivity contribution in [2.24, 2.45) is 5.41 Å². The first-order chi connectivity index (χ1) is 9.53. The maximum atomic E-state index is 12.0. The molecule has 6 nitrogen and oxygen atoms in total. The third kappa shape index (κ3) is 3.21. The summed E-state index contributed by atoms with van der Waals surface area (Å²) in [7, 11) is 0. The molecule has 0 amide bonds. The highest BCUT2D eigenvalue weighted by Crippen LogP contribution is 2.35. The molecule has 1 aliphatic rings. The Morgan fingerprint density at radius 2 is 1.90 bits per heavy atom. The molecule has 0 aromatic heterocycles. The fraction of sp³-hybridized carbons (Fsp3) is 0.867. The van der Waals surface area contributed by atoms with E-state index in [1.807, 2.05) is 13.8 Å². The molecule has 1 saturated heterocycles. The van der Waals surface area contributed by atoms with E-state index < -0.39 is 22.5 Å². The maximum Gasteiger partial charge on any atom is 0.328 e. The summed E-state index contributed by atoms with van der Waals surface area (Å²) >= 11 is 0. The number of carbonyl (C=O) groups is 2. The van der Waals surface area contributed by atoms with Crippen molar-refractivity contribution >= 4 is 11.9 Å². The number of nitrogens with zero attached hydrogens (tertiary/aromatic N) is 1. The molecular formula is C15H27NO5. The Morgan fingerprint density at radius 1 is 1.38 bits per heavy atom. The predicted octanol–water partition coefficient (Wildman–Crippen LogP) is 2.14. The zero-order valence-electron chi connectivity index (χ0n) is 13.9. The Morgan fingerprint density at radius 3 is 2.33 bits per heavy atom. The van der Waals surface area contributed by atoms with Crippen LogP contribution in [-0.4, -0.2) is 46.5 Å². The lowest BCUT2D eigenvalue weighted by atomic mass is 9.85. The van der Waals surface area contributed by atoms with E-state index in [-0.39, 0.29) is 19.2 Å². The van der Waals surface area contributed by atoms with Gasteiger partial charge in [-0.05, 0) is 40.5 Å². The minimum absolute atomic E-state index is 0.0124. The molecule has 0 saturated carbocycles. The van der Waals surface area contributed by atoms with Gasteiger partial charge >= 0.3 is 11.9 Å². The number of hydroxylamine groups is 2.